The van der Waals surface area contributed by atoms with Gasteiger partial charge in [0, 0.05) is 31.8 Å². The summed E-state index contributed by atoms with van der Waals surface area (Å²) in [6.45, 7) is 0. The van der Waals surface area contributed by atoms with E-state index in [0.717, 1.165) is 16.0 Å². The van der Waals surface area contributed by atoms with Crippen molar-refractivity contribution in [1.82, 2.24) is 20.2 Å². The highest BCUT2D eigenvalue weighted by Crippen LogP contribution is 2.35. The molecule has 1 aliphatic heterocycles. The zero-order chi connectivity index (χ0) is 18.6. The van der Waals surface area contributed by atoms with Gasteiger partial charge in [0.25, 0.3) is 0 Å². The molecule has 2 aromatic heterocycles. The van der Waals surface area contributed by atoms with Crippen molar-refractivity contribution in [2.75, 3.05) is 7.05 Å². The average molecular weight is 352 g/mol. The molecule has 134 valence electrons. The Morgan fingerprint density at radius 2 is 1.35 bits per heavy atom. The number of hydrogen-bond acceptors (Lipinski definition) is 5. The molecule has 26 heavy (non-hydrogen) atoms. The lowest BCUT2D eigenvalue weighted by molar-refractivity contribution is -0.151. The van der Waals surface area contributed by atoms with Gasteiger partial charge in [0.1, 0.15) is 5.41 Å². The number of rotatable bonds is 6. The van der Waals surface area contributed by atoms with E-state index in [1.165, 1.54) is 7.05 Å². The third kappa shape index (κ3) is 3.46. The number of aryl methyl sites for hydroxylation is 2. The number of amides is 4. The van der Waals surface area contributed by atoms with E-state index in [4.69, 9.17) is 0 Å². The van der Waals surface area contributed by atoms with E-state index in [-0.39, 0.29) is 0 Å². The maximum Gasteiger partial charge on any atom is 0.330 e. The van der Waals surface area contributed by atoms with E-state index in [1.54, 1.807) is 24.8 Å². The van der Waals surface area contributed by atoms with Crippen LogP contribution in [0.1, 0.15) is 24.0 Å². The SMILES string of the molecule is CN1C(=O)NC(=O)C(CCc2ccncc2)(CCc2ccncc2)C1=O. The molecule has 7 heteroatoms. The molecule has 0 saturated carbocycles. The minimum absolute atomic E-state index is 0.324. The number of pyridine rings is 2. The van der Waals surface area contributed by atoms with Crippen LogP contribution in [0.2, 0.25) is 0 Å². The summed E-state index contributed by atoms with van der Waals surface area (Å²) in [5.74, 6) is -0.969. The van der Waals surface area contributed by atoms with Gasteiger partial charge in [-0.05, 0) is 61.1 Å². The molecule has 2 aromatic rings. The lowest BCUT2D eigenvalue weighted by Gasteiger charge is -2.38. The van der Waals surface area contributed by atoms with Gasteiger partial charge in [-0.2, -0.15) is 0 Å². The maximum absolute atomic E-state index is 12.9. The first-order valence-corrected chi connectivity index (χ1v) is 8.44. The Hall–Kier alpha value is -3.09. The molecule has 1 N–H and O–H groups in total. The Morgan fingerprint density at radius 1 is 0.885 bits per heavy atom. The summed E-state index contributed by atoms with van der Waals surface area (Å²) in [6, 6.07) is 6.75. The summed E-state index contributed by atoms with van der Waals surface area (Å²) in [5, 5.41) is 2.33. The fraction of sp³-hybridized carbons (Fsp3) is 0.316. The van der Waals surface area contributed by atoms with Gasteiger partial charge in [0.15, 0.2) is 0 Å². The van der Waals surface area contributed by atoms with Gasteiger partial charge in [-0.25, -0.2) is 4.79 Å². The number of carbonyl (C=O) groups excluding carboxylic acids is 3. The predicted octanol–water partition coefficient (Wildman–Crippen LogP) is 1.74. The summed E-state index contributed by atoms with van der Waals surface area (Å²) in [7, 11) is 1.40. The van der Waals surface area contributed by atoms with Crippen molar-refractivity contribution < 1.29 is 14.4 Å². The van der Waals surface area contributed by atoms with Crippen molar-refractivity contribution in [1.29, 1.82) is 0 Å². The second-order valence-corrected chi connectivity index (χ2v) is 6.42. The van der Waals surface area contributed by atoms with Gasteiger partial charge in [0.05, 0.1) is 0 Å². The van der Waals surface area contributed by atoms with Crippen LogP contribution in [-0.4, -0.2) is 39.8 Å². The fourth-order valence-corrected chi connectivity index (χ4v) is 3.19. The molecule has 0 bridgehead atoms. The van der Waals surface area contributed by atoms with E-state index < -0.39 is 23.3 Å². The van der Waals surface area contributed by atoms with Crippen LogP contribution in [0.4, 0.5) is 4.79 Å². The zero-order valence-corrected chi connectivity index (χ0v) is 14.5. The lowest BCUT2D eigenvalue weighted by Crippen LogP contribution is -2.63. The van der Waals surface area contributed by atoms with Crippen molar-refractivity contribution in [3.05, 3.63) is 60.2 Å². The number of barbiturate groups is 1. The molecule has 0 atom stereocenters. The molecule has 1 fully saturated rings. The number of hydrogen-bond donors (Lipinski definition) is 1. The predicted molar refractivity (Wildman–Crippen MR) is 93.9 cm³/mol. The lowest BCUT2D eigenvalue weighted by atomic mass is 9.74. The van der Waals surface area contributed by atoms with Gasteiger partial charge in [0.2, 0.25) is 11.8 Å². The van der Waals surface area contributed by atoms with Crippen molar-refractivity contribution in [3.63, 3.8) is 0 Å². The molecule has 1 aliphatic rings. The second-order valence-electron chi connectivity index (χ2n) is 6.42. The molecule has 0 unspecified atom stereocenters. The third-order valence-corrected chi connectivity index (χ3v) is 4.85. The Morgan fingerprint density at radius 3 is 1.81 bits per heavy atom. The molecule has 0 spiro atoms. The highest BCUT2D eigenvalue weighted by molar-refractivity contribution is 6.18. The Balaban J connectivity index is 1.85. The first-order chi connectivity index (χ1) is 12.5. The molecular weight excluding hydrogens is 332 g/mol. The monoisotopic (exact) mass is 352 g/mol. The van der Waals surface area contributed by atoms with Crippen LogP contribution in [0, 0.1) is 5.41 Å². The number of aromatic nitrogens is 2. The van der Waals surface area contributed by atoms with E-state index in [1.807, 2.05) is 24.3 Å². The first kappa shape index (κ1) is 17.7. The summed E-state index contributed by atoms with van der Waals surface area (Å²) in [6.07, 6.45) is 8.44. The van der Waals surface area contributed by atoms with Crippen LogP contribution < -0.4 is 5.32 Å². The van der Waals surface area contributed by atoms with Gasteiger partial charge in [-0.1, -0.05) is 0 Å². The van der Waals surface area contributed by atoms with Gasteiger partial charge in [-0.15, -0.1) is 0 Å². The van der Waals surface area contributed by atoms with Crippen LogP contribution in [0.15, 0.2) is 49.1 Å². The molecule has 3 heterocycles. The van der Waals surface area contributed by atoms with E-state index in [9.17, 15) is 14.4 Å². The fourth-order valence-electron chi connectivity index (χ4n) is 3.19. The highest BCUT2D eigenvalue weighted by atomic mass is 16.2. The number of imide groups is 2. The zero-order valence-electron chi connectivity index (χ0n) is 14.5. The van der Waals surface area contributed by atoms with Crippen LogP contribution in [0.3, 0.4) is 0 Å². The smallest absolute Gasteiger partial charge is 0.277 e. The second kappa shape index (κ2) is 7.43. The number of urea groups is 1. The number of nitrogens with one attached hydrogen (secondary N) is 1. The molecule has 3 rings (SSSR count). The standard InChI is InChI=1S/C19H20N4O3/c1-23-17(25)19(16(24)22-18(23)26,8-2-14-4-10-20-11-5-14)9-3-15-6-12-21-13-7-15/h4-7,10-13H,2-3,8-9H2,1H3,(H,22,24,26). The third-order valence-electron chi connectivity index (χ3n) is 4.85. The maximum atomic E-state index is 12.9. The minimum Gasteiger partial charge on any atom is -0.277 e. The average Bonchev–Trinajstić information content (AvgIpc) is 2.68. The molecule has 4 amide bonds. The molecule has 0 radical (unpaired) electrons. The summed E-state index contributed by atoms with van der Waals surface area (Å²) >= 11 is 0. The summed E-state index contributed by atoms with van der Waals surface area (Å²) in [5.41, 5.74) is 0.710. The van der Waals surface area contributed by atoms with E-state index in [2.05, 4.69) is 15.3 Å². The molecule has 0 aliphatic carbocycles. The van der Waals surface area contributed by atoms with Crippen molar-refractivity contribution in [2.45, 2.75) is 25.7 Å². The first-order valence-electron chi connectivity index (χ1n) is 8.44. The van der Waals surface area contributed by atoms with Crippen LogP contribution in [-0.2, 0) is 22.4 Å². The minimum atomic E-state index is -1.27. The van der Waals surface area contributed by atoms with E-state index in [0.29, 0.717) is 25.7 Å². The van der Waals surface area contributed by atoms with Crippen molar-refractivity contribution in [2.24, 2.45) is 5.41 Å². The topological polar surface area (TPSA) is 92.3 Å². The molecule has 7 nitrogen and oxygen atoms in total. The van der Waals surface area contributed by atoms with Crippen molar-refractivity contribution in [3.8, 4) is 0 Å². The van der Waals surface area contributed by atoms with Crippen LogP contribution >= 0.6 is 0 Å². The summed E-state index contributed by atoms with van der Waals surface area (Å²) < 4.78 is 0. The number of nitrogens with zero attached hydrogens (tertiary/aromatic N) is 3. The normalized spacial score (nSPS) is 16.5. The van der Waals surface area contributed by atoms with Gasteiger partial charge in [-0.3, -0.25) is 29.8 Å². The number of carbonyl (C=O) groups is 3. The van der Waals surface area contributed by atoms with Crippen molar-refractivity contribution >= 4 is 17.8 Å². The molecule has 1 saturated heterocycles. The molecule has 0 aromatic carbocycles. The highest BCUT2D eigenvalue weighted by Gasteiger charge is 2.51. The Bertz CT molecular complexity index is 765. The largest absolute Gasteiger partial charge is 0.330 e. The molecular formula is C19H20N4O3. The van der Waals surface area contributed by atoms with Gasteiger partial charge < -0.3 is 0 Å². The summed E-state index contributed by atoms with van der Waals surface area (Å²) in [4.78, 5) is 46.4. The Labute approximate surface area is 151 Å². The van der Waals surface area contributed by atoms with E-state index >= 15 is 0 Å². The van der Waals surface area contributed by atoms with Crippen LogP contribution in [0.25, 0.3) is 0 Å². The van der Waals surface area contributed by atoms with Gasteiger partial charge >= 0.3 is 6.03 Å². The Kier molecular flexibility index (Phi) is 5.06. The quantitative estimate of drug-likeness (QED) is 0.800. The van der Waals surface area contributed by atoms with Crippen LogP contribution in [0.5, 0.6) is 0 Å².